The summed E-state index contributed by atoms with van der Waals surface area (Å²) in [6.07, 6.45) is 4.67. The van der Waals surface area contributed by atoms with Crippen molar-refractivity contribution >= 4 is 17.8 Å². The van der Waals surface area contributed by atoms with Crippen LogP contribution < -0.4 is 20.1 Å². The second kappa shape index (κ2) is 11.1. The highest BCUT2D eigenvalue weighted by Crippen LogP contribution is 2.49. The van der Waals surface area contributed by atoms with Crippen LogP contribution in [0.25, 0.3) is 0 Å². The maximum atomic E-state index is 13.6. The van der Waals surface area contributed by atoms with Crippen LogP contribution in [-0.2, 0) is 9.59 Å². The molecule has 3 saturated carbocycles. The second-order valence-corrected chi connectivity index (χ2v) is 13.0. The number of carboxylic acid groups (broad SMARTS) is 1. The molecule has 0 aromatic heterocycles. The van der Waals surface area contributed by atoms with E-state index in [-0.39, 0.29) is 69.8 Å². The topological polar surface area (TPSA) is 138 Å². The molecule has 4 atom stereocenters. The molecule has 4 rings (SSSR count). The molecule has 2 bridgehead atoms. The van der Waals surface area contributed by atoms with E-state index in [1.807, 2.05) is 0 Å². The molecule has 0 spiro atoms. The van der Waals surface area contributed by atoms with Crippen molar-refractivity contribution in [1.82, 2.24) is 10.6 Å². The quantitative estimate of drug-likeness (QED) is 0.448. The normalized spacial score (nSPS) is 29.8. The van der Waals surface area contributed by atoms with Gasteiger partial charge in [0, 0.05) is 18.7 Å². The molecule has 3 fully saturated rings. The summed E-state index contributed by atoms with van der Waals surface area (Å²) in [6.45, 7) is 8.53. The highest BCUT2D eigenvalue weighted by Gasteiger charge is 2.51. The van der Waals surface area contributed by atoms with Crippen LogP contribution >= 0.6 is 0 Å². The summed E-state index contributed by atoms with van der Waals surface area (Å²) in [6, 6.07) is 4.89. The van der Waals surface area contributed by atoms with Gasteiger partial charge in [-0.1, -0.05) is 20.8 Å². The first kappa shape index (κ1) is 28.7. The number of fused-ring (bicyclic) bond motifs is 2. The van der Waals surface area contributed by atoms with Crippen molar-refractivity contribution in [2.75, 3.05) is 13.7 Å². The van der Waals surface area contributed by atoms with E-state index in [1.165, 1.54) is 13.2 Å². The number of nitrogens with zero attached hydrogens (tertiary/aromatic N) is 1. The fourth-order valence-electron chi connectivity index (χ4n) is 6.41. The fraction of sp³-hybridized carbons (Fsp3) is 0.667. The van der Waals surface area contributed by atoms with Crippen molar-refractivity contribution in [3.05, 3.63) is 23.3 Å². The van der Waals surface area contributed by atoms with E-state index < -0.39 is 11.4 Å². The van der Waals surface area contributed by atoms with Crippen LogP contribution in [0.15, 0.2) is 12.1 Å². The van der Waals surface area contributed by atoms with Gasteiger partial charge >= 0.3 is 5.97 Å². The third-order valence-corrected chi connectivity index (χ3v) is 8.82. The molecule has 39 heavy (non-hydrogen) atoms. The summed E-state index contributed by atoms with van der Waals surface area (Å²) in [5.41, 5.74) is -0.328. The molecule has 1 aromatic carbocycles. The number of amides is 2. The minimum absolute atomic E-state index is 0.0103. The van der Waals surface area contributed by atoms with Crippen molar-refractivity contribution in [2.24, 2.45) is 28.6 Å². The number of nitrogens with one attached hydrogen (secondary N) is 2. The molecule has 9 nitrogen and oxygen atoms in total. The summed E-state index contributed by atoms with van der Waals surface area (Å²) in [5, 5.41) is 25.5. The number of hydrogen-bond donors (Lipinski definition) is 3. The third-order valence-electron chi connectivity index (χ3n) is 8.82. The lowest BCUT2D eigenvalue weighted by atomic mass is 9.75. The fourth-order valence-corrected chi connectivity index (χ4v) is 6.41. The standard InChI is InChI=1S/C30H41N3O6/c1-29(2,3)16-32-27(35)24-17-6-7-18(12-17)25(24)33-26(34)21-14-22(19(15-31)13-23(21)38-5)39-20-8-10-30(4,11-9-20)28(36)37/h13-14,17-18,20,24-25H,6-12,16H2,1-5H3,(H,32,35)(H,33,34)(H,36,37)/t17-,18+,20-,24+,25-,30+/m1/s1. The second-order valence-electron chi connectivity index (χ2n) is 13.0. The van der Waals surface area contributed by atoms with Gasteiger partial charge in [0.05, 0.1) is 35.7 Å². The molecule has 212 valence electrons. The maximum absolute atomic E-state index is 13.6. The van der Waals surface area contributed by atoms with Gasteiger partial charge in [-0.05, 0) is 75.2 Å². The Hall–Kier alpha value is -3.28. The molecule has 3 aliphatic rings. The number of carbonyl (C=O) groups excluding carboxylic acids is 2. The van der Waals surface area contributed by atoms with Gasteiger partial charge in [-0.15, -0.1) is 0 Å². The Balaban J connectivity index is 1.52. The van der Waals surface area contributed by atoms with Crippen molar-refractivity contribution in [2.45, 2.75) is 84.8 Å². The largest absolute Gasteiger partial charge is 0.496 e. The first-order chi connectivity index (χ1) is 18.3. The van der Waals surface area contributed by atoms with Gasteiger partial charge in [0.2, 0.25) is 5.91 Å². The number of carboxylic acids is 1. The van der Waals surface area contributed by atoms with Gasteiger partial charge in [-0.25, -0.2) is 0 Å². The minimum Gasteiger partial charge on any atom is -0.496 e. The van der Waals surface area contributed by atoms with Gasteiger partial charge in [0.1, 0.15) is 17.6 Å². The Bertz CT molecular complexity index is 1160. The van der Waals surface area contributed by atoms with E-state index in [4.69, 9.17) is 9.47 Å². The Morgan fingerprint density at radius 1 is 1.10 bits per heavy atom. The zero-order valence-corrected chi connectivity index (χ0v) is 23.6. The third kappa shape index (κ3) is 6.15. The summed E-state index contributed by atoms with van der Waals surface area (Å²) < 4.78 is 11.6. The smallest absolute Gasteiger partial charge is 0.309 e. The zero-order chi connectivity index (χ0) is 28.5. The summed E-state index contributed by atoms with van der Waals surface area (Å²) in [5.74, 6) is -0.428. The van der Waals surface area contributed by atoms with Gasteiger partial charge in [0.15, 0.2) is 0 Å². The molecular weight excluding hydrogens is 498 g/mol. The van der Waals surface area contributed by atoms with Crippen LogP contribution in [0.2, 0.25) is 0 Å². The van der Waals surface area contributed by atoms with Gasteiger partial charge in [-0.3, -0.25) is 14.4 Å². The Morgan fingerprint density at radius 2 is 1.77 bits per heavy atom. The lowest BCUT2D eigenvalue weighted by Crippen LogP contribution is -2.50. The van der Waals surface area contributed by atoms with Crippen LogP contribution in [0.4, 0.5) is 0 Å². The molecule has 0 saturated heterocycles. The number of hydrogen-bond acceptors (Lipinski definition) is 6. The molecule has 0 heterocycles. The summed E-state index contributed by atoms with van der Waals surface area (Å²) in [7, 11) is 1.45. The van der Waals surface area contributed by atoms with Crippen molar-refractivity contribution in [3.63, 3.8) is 0 Å². The van der Waals surface area contributed by atoms with Gasteiger partial charge in [0.25, 0.3) is 5.91 Å². The average Bonchev–Trinajstić information content (AvgIpc) is 3.50. The maximum Gasteiger partial charge on any atom is 0.309 e. The number of benzene rings is 1. The van der Waals surface area contributed by atoms with Crippen LogP contribution in [0.1, 0.15) is 88.6 Å². The van der Waals surface area contributed by atoms with Crippen molar-refractivity contribution in [3.8, 4) is 17.6 Å². The van der Waals surface area contributed by atoms with Crippen molar-refractivity contribution < 1.29 is 29.0 Å². The van der Waals surface area contributed by atoms with Crippen molar-refractivity contribution in [1.29, 1.82) is 5.26 Å². The van der Waals surface area contributed by atoms with E-state index in [0.29, 0.717) is 32.2 Å². The van der Waals surface area contributed by atoms with Crippen LogP contribution in [0, 0.1) is 39.9 Å². The molecule has 2 amide bonds. The molecule has 3 N–H and O–H groups in total. The molecule has 0 radical (unpaired) electrons. The number of methoxy groups -OCH3 is 1. The molecular formula is C30H41N3O6. The van der Waals surface area contributed by atoms with Gasteiger partial charge in [-0.2, -0.15) is 5.26 Å². The highest BCUT2D eigenvalue weighted by atomic mass is 16.5. The Kier molecular flexibility index (Phi) is 8.15. The predicted molar refractivity (Wildman–Crippen MR) is 144 cm³/mol. The lowest BCUT2D eigenvalue weighted by Gasteiger charge is -2.34. The lowest BCUT2D eigenvalue weighted by molar-refractivity contribution is -0.150. The molecule has 0 aliphatic heterocycles. The van der Waals surface area contributed by atoms with E-state index in [0.717, 1.165) is 19.3 Å². The van der Waals surface area contributed by atoms with Crippen LogP contribution in [0.5, 0.6) is 11.5 Å². The van der Waals surface area contributed by atoms with E-state index in [2.05, 4.69) is 37.5 Å². The number of nitriles is 1. The molecule has 3 aliphatic carbocycles. The zero-order valence-electron chi connectivity index (χ0n) is 23.6. The number of ether oxygens (including phenoxy) is 2. The molecule has 9 heteroatoms. The van der Waals surface area contributed by atoms with E-state index >= 15 is 0 Å². The predicted octanol–water partition coefficient (Wildman–Crippen LogP) is 4.29. The van der Waals surface area contributed by atoms with E-state index in [1.54, 1.807) is 13.0 Å². The van der Waals surface area contributed by atoms with Crippen LogP contribution in [-0.4, -0.2) is 48.7 Å². The summed E-state index contributed by atoms with van der Waals surface area (Å²) >= 11 is 0. The van der Waals surface area contributed by atoms with E-state index in [9.17, 15) is 24.8 Å². The Morgan fingerprint density at radius 3 is 2.36 bits per heavy atom. The number of aliphatic carboxylic acids is 1. The molecule has 1 aromatic rings. The number of carbonyl (C=O) groups is 3. The van der Waals surface area contributed by atoms with Crippen LogP contribution in [0.3, 0.4) is 0 Å². The van der Waals surface area contributed by atoms with Gasteiger partial charge < -0.3 is 25.2 Å². The minimum atomic E-state index is -0.812. The average molecular weight is 540 g/mol. The molecule has 0 unspecified atom stereocenters. The monoisotopic (exact) mass is 539 g/mol. The SMILES string of the molecule is COc1cc(C#N)c(O[C@H]2CC[C@@](C)(C(=O)O)CC2)cc1C(=O)N[C@@H]1[C@H]2CC[C@H](C2)[C@@H]1C(=O)NCC(C)(C)C. The summed E-state index contributed by atoms with van der Waals surface area (Å²) in [4.78, 5) is 38.4. The highest BCUT2D eigenvalue weighted by molar-refractivity contribution is 5.98. The first-order valence-corrected chi connectivity index (χ1v) is 14.0. The Labute approximate surface area is 230 Å². The number of rotatable bonds is 8. The first-order valence-electron chi connectivity index (χ1n) is 14.0.